The van der Waals surface area contributed by atoms with E-state index in [-0.39, 0.29) is 5.56 Å². The van der Waals surface area contributed by atoms with Gasteiger partial charge in [-0.2, -0.15) is 13.2 Å². The Morgan fingerprint density at radius 3 is 2.52 bits per heavy atom. The molecule has 1 heterocycles. The first-order valence-corrected chi connectivity index (χ1v) is 6.78. The third kappa shape index (κ3) is 3.66. The van der Waals surface area contributed by atoms with Gasteiger partial charge in [0.1, 0.15) is 5.84 Å². The van der Waals surface area contributed by atoms with Gasteiger partial charge in [-0.1, -0.05) is 0 Å². The second kappa shape index (κ2) is 5.93. The van der Waals surface area contributed by atoms with E-state index in [0.29, 0.717) is 5.69 Å². The average molecular weight is 300 g/mol. The predicted molar refractivity (Wildman–Crippen MR) is 76.8 cm³/mol. The van der Waals surface area contributed by atoms with Crippen LogP contribution in [-0.4, -0.2) is 44.0 Å². The van der Waals surface area contributed by atoms with Crippen LogP contribution in [0.4, 0.5) is 18.9 Å². The van der Waals surface area contributed by atoms with Crippen LogP contribution in [0.15, 0.2) is 18.2 Å². The van der Waals surface area contributed by atoms with Crippen molar-refractivity contribution in [2.45, 2.75) is 12.6 Å². The molecule has 0 aromatic heterocycles. The third-order valence-electron chi connectivity index (χ3n) is 3.68. The zero-order valence-electron chi connectivity index (χ0n) is 11.9. The highest BCUT2D eigenvalue weighted by Crippen LogP contribution is 2.34. The Labute approximate surface area is 121 Å². The Kier molecular flexibility index (Phi) is 4.41. The highest BCUT2D eigenvalue weighted by atomic mass is 19.4. The topological polar surface area (TPSA) is 56.4 Å². The SMILES string of the molecule is CN1CCCN(c2ccc(C(F)(F)F)c(C(=N)N)c2)CC1. The maximum Gasteiger partial charge on any atom is 0.417 e. The summed E-state index contributed by atoms with van der Waals surface area (Å²) in [4.78, 5) is 4.23. The van der Waals surface area contributed by atoms with Crippen molar-refractivity contribution in [2.24, 2.45) is 5.73 Å². The maximum atomic E-state index is 12.9. The van der Waals surface area contributed by atoms with Gasteiger partial charge >= 0.3 is 6.18 Å². The predicted octanol–water partition coefficient (Wildman–Crippen LogP) is 2.13. The van der Waals surface area contributed by atoms with Crippen LogP contribution in [0, 0.1) is 5.41 Å². The summed E-state index contributed by atoms with van der Waals surface area (Å²) in [6.45, 7) is 3.36. The molecule has 4 nitrogen and oxygen atoms in total. The summed E-state index contributed by atoms with van der Waals surface area (Å²) in [5.41, 5.74) is 4.89. The summed E-state index contributed by atoms with van der Waals surface area (Å²) in [7, 11) is 2.03. The van der Waals surface area contributed by atoms with Gasteiger partial charge in [-0.3, -0.25) is 5.41 Å². The number of rotatable bonds is 2. The fraction of sp³-hybridized carbons (Fsp3) is 0.500. The number of benzene rings is 1. The lowest BCUT2D eigenvalue weighted by molar-refractivity contribution is -0.137. The zero-order chi connectivity index (χ0) is 15.6. The lowest BCUT2D eigenvalue weighted by atomic mass is 10.0. The van der Waals surface area contributed by atoms with E-state index in [2.05, 4.69) is 4.90 Å². The molecule has 0 spiro atoms. The van der Waals surface area contributed by atoms with Crippen LogP contribution in [0.1, 0.15) is 17.5 Å². The molecule has 1 aromatic carbocycles. The minimum atomic E-state index is -4.50. The molecule has 0 amide bonds. The summed E-state index contributed by atoms with van der Waals surface area (Å²) in [5, 5.41) is 7.39. The van der Waals surface area contributed by atoms with Crippen molar-refractivity contribution in [3.05, 3.63) is 29.3 Å². The Morgan fingerprint density at radius 1 is 1.19 bits per heavy atom. The third-order valence-corrected chi connectivity index (χ3v) is 3.68. The number of alkyl halides is 3. The van der Waals surface area contributed by atoms with E-state index >= 15 is 0 Å². The molecule has 1 aliphatic rings. The molecule has 0 bridgehead atoms. The number of nitrogens with two attached hydrogens (primary N) is 1. The molecule has 1 saturated heterocycles. The van der Waals surface area contributed by atoms with E-state index in [9.17, 15) is 13.2 Å². The Bertz CT molecular complexity index is 527. The van der Waals surface area contributed by atoms with E-state index < -0.39 is 17.6 Å². The number of hydrogen-bond donors (Lipinski definition) is 2. The zero-order valence-corrected chi connectivity index (χ0v) is 11.9. The average Bonchev–Trinajstić information content (AvgIpc) is 2.62. The Balaban J connectivity index is 2.33. The van der Waals surface area contributed by atoms with Crippen LogP contribution in [0.5, 0.6) is 0 Å². The summed E-state index contributed by atoms with van der Waals surface area (Å²) in [5.74, 6) is -0.559. The van der Waals surface area contributed by atoms with Crippen LogP contribution in [-0.2, 0) is 6.18 Å². The molecular formula is C14H19F3N4. The minimum Gasteiger partial charge on any atom is -0.384 e. The van der Waals surface area contributed by atoms with E-state index in [1.165, 1.54) is 12.1 Å². The van der Waals surface area contributed by atoms with E-state index in [1.54, 1.807) is 0 Å². The molecule has 7 heteroatoms. The first kappa shape index (κ1) is 15.6. The van der Waals surface area contributed by atoms with Crippen LogP contribution in [0.3, 0.4) is 0 Å². The summed E-state index contributed by atoms with van der Waals surface area (Å²) in [6, 6.07) is 3.84. The first-order chi connectivity index (χ1) is 9.79. The number of nitrogen functional groups attached to an aromatic ring is 1. The summed E-state index contributed by atoms with van der Waals surface area (Å²) < 4.78 is 38.8. The normalized spacial score (nSPS) is 17.6. The van der Waals surface area contributed by atoms with Gasteiger partial charge in [0.25, 0.3) is 0 Å². The highest BCUT2D eigenvalue weighted by molar-refractivity contribution is 5.97. The van der Waals surface area contributed by atoms with Gasteiger partial charge in [0.05, 0.1) is 5.56 Å². The number of amidine groups is 1. The van der Waals surface area contributed by atoms with E-state index in [0.717, 1.165) is 38.7 Å². The number of likely N-dealkylation sites (N-methyl/N-ethyl adjacent to an activating group) is 1. The number of nitrogens with one attached hydrogen (secondary N) is 1. The molecule has 0 radical (unpaired) electrons. The molecule has 1 fully saturated rings. The molecule has 1 aliphatic heterocycles. The van der Waals surface area contributed by atoms with Crippen LogP contribution < -0.4 is 10.6 Å². The smallest absolute Gasteiger partial charge is 0.384 e. The van der Waals surface area contributed by atoms with Crippen molar-refractivity contribution in [3.63, 3.8) is 0 Å². The molecule has 0 unspecified atom stereocenters. The molecule has 21 heavy (non-hydrogen) atoms. The van der Waals surface area contributed by atoms with Gasteiger partial charge in [-0.25, -0.2) is 0 Å². The quantitative estimate of drug-likeness (QED) is 0.650. The fourth-order valence-corrected chi connectivity index (χ4v) is 2.50. The van der Waals surface area contributed by atoms with Crippen molar-refractivity contribution >= 4 is 11.5 Å². The molecule has 3 N–H and O–H groups in total. The largest absolute Gasteiger partial charge is 0.417 e. The number of halogens is 3. The van der Waals surface area contributed by atoms with E-state index in [1.807, 2.05) is 11.9 Å². The Hall–Kier alpha value is -1.76. The number of hydrogen-bond acceptors (Lipinski definition) is 3. The summed E-state index contributed by atoms with van der Waals surface area (Å²) >= 11 is 0. The van der Waals surface area contributed by atoms with Gasteiger partial charge in [0.2, 0.25) is 0 Å². The second-order valence-electron chi connectivity index (χ2n) is 5.29. The van der Waals surface area contributed by atoms with Crippen molar-refractivity contribution in [3.8, 4) is 0 Å². The molecule has 1 aromatic rings. The molecule has 2 rings (SSSR count). The monoisotopic (exact) mass is 300 g/mol. The summed E-state index contributed by atoms with van der Waals surface area (Å²) in [6.07, 6.45) is -3.55. The molecular weight excluding hydrogens is 281 g/mol. The number of nitrogens with zero attached hydrogens (tertiary/aromatic N) is 2. The first-order valence-electron chi connectivity index (χ1n) is 6.78. The van der Waals surface area contributed by atoms with Gasteiger partial charge in [0, 0.05) is 30.9 Å². The van der Waals surface area contributed by atoms with Crippen molar-refractivity contribution in [1.29, 1.82) is 5.41 Å². The standard InChI is InChI=1S/C14H19F3N4/c1-20-5-2-6-21(8-7-20)10-3-4-12(14(15,16)17)11(9-10)13(18)19/h3-4,9H,2,5-8H2,1H3,(H3,18,19). The van der Waals surface area contributed by atoms with Gasteiger partial charge in [-0.05, 0) is 38.2 Å². The minimum absolute atomic E-state index is 0.252. The molecule has 0 aliphatic carbocycles. The molecule has 116 valence electrons. The molecule has 0 atom stereocenters. The fourth-order valence-electron chi connectivity index (χ4n) is 2.50. The molecule has 0 saturated carbocycles. The van der Waals surface area contributed by atoms with Gasteiger partial charge in [-0.15, -0.1) is 0 Å². The number of anilines is 1. The van der Waals surface area contributed by atoms with Crippen molar-refractivity contribution < 1.29 is 13.2 Å². The van der Waals surface area contributed by atoms with Crippen LogP contribution in [0.25, 0.3) is 0 Å². The van der Waals surface area contributed by atoms with Gasteiger partial charge in [0.15, 0.2) is 0 Å². The Morgan fingerprint density at radius 2 is 1.90 bits per heavy atom. The van der Waals surface area contributed by atoms with Crippen LogP contribution in [0.2, 0.25) is 0 Å². The van der Waals surface area contributed by atoms with Crippen molar-refractivity contribution in [1.82, 2.24) is 4.90 Å². The lowest BCUT2D eigenvalue weighted by Gasteiger charge is -2.24. The highest BCUT2D eigenvalue weighted by Gasteiger charge is 2.34. The second-order valence-corrected chi connectivity index (χ2v) is 5.29. The van der Waals surface area contributed by atoms with Crippen LogP contribution >= 0.6 is 0 Å². The lowest BCUT2D eigenvalue weighted by Crippen LogP contribution is -2.29. The maximum absolute atomic E-state index is 12.9. The van der Waals surface area contributed by atoms with E-state index in [4.69, 9.17) is 11.1 Å². The van der Waals surface area contributed by atoms with Crippen molar-refractivity contribution in [2.75, 3.05) is 38.1 Å². The van der Waals surface area contributed by atoms with Gasteiger partial charge < -0.3 is 15.5 Å².